The molecule has 21 heavy (non-hydrogen) atoms. The number of hydrogen-bond acceptors (Lipinski definition) is 5. The Kier molecular flexibility index (Phi) is 4.54. The van der Waals surface area contributed by atoms with E-state index in [0.29, 0.717) is 18.3 Å². The molecule has 0 radical (unpaired) electrons. The van der Waals surface area contributed by atoms with Gasteiger partial charge in [0.15, 0.2) is 5.82 Å². The van der Waals surface area contributed by atoms with Gasteiger partial charge in [-0.05, 0) is 38.3 Å². The van der Waals surface area contributed by atoms with Crippen LogP contribution in [0.3, 0.4) is 0 Å². The Morgan fingerprint density at radius 3 is 2.81 bits per heavy atom. The molecule has 0 unspecified atom stereocenters. The van der Waals surface area contributed by atoms with Crippen LogP contribution in [0.25, 0.3) is 0 Å². The van der Waals surface area contributed by atoms with Gasteiger partial charge in [0.05, 0.1) is 12.1 Å². The summed E-state index contributed by atoms with van der Waals surface area (Å²) in [5.74, 6) is 1.17. The molecule has 1 aliphatic rings. The molecule has 114 valence electrons. The molecule has 0 atom stereocenters. The van der Waals surface area contributed by atoms with Gasteiger partial charge in [-0.2, -0.15) is 4.98 Å². The molecule has 0 spiro atoms. The van der Waals surface area contributed by atoms with Crippen LogP contribution < -0.4 is 10.6 Å². The van der Waals surface area contributed by atoms with Crippen LogP contribution in [0.15, 0.2) is 28.8 Å². The predicted octanol–water partition coefficient (Wildman–Crippen LogP) is 2.64. The second-order valence-corrected chi connectivity index (χ2v) is 5.89. The first-order valence-electron chi connectivity index (χ1n) is 6.99. The zero-order valence-electron chi connectivity index (χ0n) is 12.4. The molecular weight excluding hydrogens is 288 g/mol. The van der Waals surface area contributed by atoms with Gasteiger partial charge in [0.25, 0.3) is 0 Å². The molecule has 1 aromatic heterocycles. The number of aromatic nitrogens is 2. The van der Waals surface area contributed by atoms with Crippen molar-refractivity contribution in [1.29, 1.82) is 0 Å². The maximum Gasteiger partial charge on any atom is 0.246 e. The molecule has 0 fully saturated rings. The van der Waals surface area contributed by atoms with E-state index in [4.69, 9.17) is 10.3 Å². The fraction of sp³-hybridized carbons (Fsp3) is 0.467. The second-order valence-electron chi connectivity index (χ2n) is 5.89. The van der Waals surface area contributed by atoms with Gasteiger partial charge in [-0.15, -0.1) is 12.4 Å². The average Bonchev–Trinajstić information content (AvgIpc) is 2.88. The van der Waals surface area contributed by atoms with Crippen molar-refractivity contribution in [3.63, 3.8) is 0 Å². The van der Waals surface area contributed by atoms with Gasteiger partial charge in [-0.3, -0.25) is 0 Å². The van der Waals surface area contributed by atoms with Gasteiger partial charge in [-0.1, -0.05) is 23.4 Å². The lowest BCUT2D eigenvalue weighted by Crippen LogP contribution is -2.31. The van der Waals surface area contributed by atoms with E-state index in [2.05, 4.69) is 39.3 Å². The van der Waals surface area contributed by atoms with Gasteiger partial charge in [0.1, 0.15) is 0 Å². The zero-order valence-corrected chi connectivity index (χ0v) is 13.2. The normalized spacial score (nSPS) is 14.5. The summed E-state index contributed by atoms with van der Waals surface area (Å²) in [7, 11) is 0. The van der Waals surface area contributed by atoms with Crippen molar-refractivity contribution in [2.45, 2.75) is 38.8 Å². The van der Waals surface area contributed by atoms with Crippen LogP contribution in [0.2, 0.25) is 0 Å². The van der Waals surface area contributed by atoms with E-state index < -0.39 is 5.54 Å². The highest BCUT2D eigenvalue weighted by Gasteiger charge is 2.23. The number of benzene rings is 1. The molecular formula is C15H21ClN4O. The van der Waals surface area contributed by atoms with Crippen molar-refractivity contribution in [1.82, 2.24) is 10.1 Å². The summed E-state index contributed by atoms with van der Waals surface area (Å²) in [6.45, 7) is 5.40. The maximum atomic E-state index is 5.98. The standard InChI is InChI=1S/C15H20N4O.ClH/c1-15(2,16)14-17-13(20-18-14)10-19-9-5-7-11-6-3-4-8-12(11)19;/h3-4,6,8H,5,7,9-10,16H2,1-2H3;1H. The van der Waals surface area contributed by atoms with E-state index in [-0.39, 0.29) is 12.4 Å². The van der Waals surface area contributed by atoms with Crippen molar-refractivity contribution in [2.75, 3.05) is 11.4 Å². The first-order valence-corrected chi connectivity index (χ1v) is 6.99. The topological polar surface area (TPSA) is 68.2 Å². The molecule has 1 aliphatic heterocycles. The van der Waals surface area contributed by atoms with Gasteiger partial charge < -0.3 is 15.2 Å². The average molecular weight is 309 g/mol. The van der Waals surface area contributed by atoms with E-state index in [1.165, 1.54) is 11.3 Å². The third-order valence-corrected chi connectivity index (χ3v) is 3.58. The zero-order chi connectivity index (χ0) is 14.2. The van der Waals surface area contributed by atoms with Crippen LogP contribution in [-0.4, -0.2) is 16.7 Å². The number of para-hydroxylation sites is 1. The first-order chi connectivity index (χ1) is 9.54. The number of nitrogens with two attached hydrogens (primary N) is 1. The molecule has 0 saturated heterocycles. The van der Waals surface area contributed by atoms with Crippen molar-refractivity contribution < 1.29 is 4.52 Å². The Labute approximate surface area is 130 Å². The van der Waals surface area contributed by atoms with Gasteiger partial charge >= 0.3 is 0 Å². The summed E-state index contributed by atoms with van der Waals surface area (Å²) in [4.78, 5) is 6.70. The minimum Gasteiger partial charge on any atom is -0.362 e. The Morgan fingerprint density at radius 2 is 2.10 bits per heavy atom. The summed E-state index contributed by atoms with van der Waals surface area (Å²) >= 11 is 0. The summed E-state index contributed by atoms with van der Waals surface area (Å²) < 4.78 is 5.33. The van der Waals surface area contributed by atoms with Crippen molar-refractivity contribution >= 4 is 18.1 Å². The highest BCUT2D eigenvalue weighted by Crippen LogP contribution is 2.28. The molecule has 1 aromatic carbocycles. The Bertz CT molecular complexity index is 606. The molecule has 0 amide bonds. The van der Waals surface area contributed by atoms with Gasteiger partial charge in [0, 0.05) is 12.2 Å². The summed E-state index contributed by atoms with van der Waals surface area (Å²) in [6.07, 6.45) is 2.29. The molecule has 0 aliphatic carbocycles. The van der Waals surface area contributed by atoms with E-state index in [9.17, 15) is 0 Å². The number of halogens is 1. The fourth-order valence-corrected chi connectivity index (χ4v) is 2.52. The van der Waals surface area contributed by atoms with E-state index in [0.717, 1.165) is 19.4 Å². The smallest absolute Gasteiger partial charge is 0.246 e. The minimum atomic E-state index is -0.568. The third kappa shape index (κ3) is 3.36. The number of fused-ring (bicyclic) bond motifs is 1. The highest BCUT2D eigenvalue weighted by atomic mass is 35.5. The molecule has 0 bridgehead atoms. The van der Waals surface area contributed by atoms with Crippen molar-refractivity contribution in [3.8, 4) is 0 Å². The molecule has 2 aromatic rings. The monoisotopic (exact) mass is 308 g/mol. The van der Waals surface area contributed by atoms with E-state index in [1.54, 1.807) is 0 Å². The summed E-state index contributed by atoms with van der Waals surface area (Å²) in [6, 6.07) is 8.49. The van der Waals surface area contributed by atoms with Crippen LogP contribution in [0.4, 0.5) is 5.69 Å². The Morgan fingerprint density at radius 1 is 1.33 bits per heavy atom. The van der Waals surface area contributed by atoms with E-state index >= 15 is 0 Å². The van der Waals surface area contributed by atoms with Crippen LogP contribution >= 0.6 is 12.4 Å². The largest absolute Gasteiger partial charge is 0.362 e. The SMILES string of the molecule is CC(C)(N)c1noc(CN2CCCc3ccccc32)n1.Cl. The van der Waals surface area contributed by atoms with Crippen LogP contribution in [0, 0.1) is 0 Å². The Balaban J connectivity index is 0.00000161. The molecule has 2 N–H and O–H groups in total. The van der Waals surface area contributed by atoms with Gasteiger partial charge in [-0.25, -0.2) is 0 Å². The highest BCUT2D eigenvalue weighted by molar-refractivity contribution is 5.85. The van der Waals surface area contributed by atoms with Crippen LogP contribution in [-0.2, 0) is 18.5 Å². The number of nitrogens with zero attached hydrogens (tertiary/aromatic N) is 3. The number of aryl methyl sites for hydroxylation is 1. The summed E-state index contributed by atoms with van der Waals surface area (Å²) in [5, 5.41) is 3.97. The third-order valence-electron chi connectivity index (χ3n) is 3.58. The van der Waals surface area contributed by atoms with Crippen LogP contribution in [0.1, 0.15) is 37.5 Å². The van der Waals surface area contributed by atoms with Crippen LogP contribution in [0.5, 0.6) is 0 Å². The second kappa shape index (κ2) is 6.03. The van der Waals surface area contributed by atoms with Gasteiger partial charge in [0.2, 0.25) is 5.89 Å². The number of anilines is 1. The fourth-order valence-electron chi connectivity index (χ4n) is 2.52. The van der Waals surface area contributed by atoms with E-state index in [1.807, 2.05) is 13.8 Å². The molecule has 5 nitrogen and oxygen atoms in total. The quantitative estimate of drug-likeness (QED) is 0.944. The number of rotatable bonds is 3. The Hall–Kier alpha value is -1.59. The van der Waals surface area contributed by atoms with Crippen molar-refractivity contribution in [2.24, 2.45) is 5.73 Å². The predicted molar refractivity (Wildman–Crippen MR) is 84.6 cm³/mol. The lowest BCUT2D eigenvalue weighted by molar-refractivity contribution is 0.358. The summed E-state index contributed by atoms with van der Waals surface area (Å²) in [5.41, 5.74) is 8.07. The molecule has 3 rings (SSSR count). The lowest BCUT2D eigenvalue weighted by atomic mass is 10.0. The molecule has 2 heterocycles. The number of hydrogen-bond donors (Lipinski definition) is 1. The first kappa shape index (κ1) is 15.8. The maximum absolute atomic E-state index is 5.98. The van der Waals surface area contributed by atoms with Crippen molar-refractivity contribution in [3.05, 3.63) is 41.5 Å². The lowest BCUT2D eigenvalue weighted by Gasteiger charge is -2.29. The molecule has 0 saturated carbocycles. The molecule has 6 heteroatoms. The minimum absolute atomic E-state index is 0.